The van der Waals surface area contributed by atoms with Gasteiger partial charge >= 0.3 is 5.91 Å². The van der Waals surface area contributed by atoms with Gasteiger partial charge in [0.05, 0.1) is 18.4 Å². The molecule has 0 saturated carbocycles. The normalized spacial score (nSPS) is 30.3. The zero-order valence-electron chi connectivity index (χ0n) is 9.71. The molecule has 17 heavy (non-hydrogen) atoms. The quantitative estimate of drug-likeness (QED) is 0.687. The zero-order chi connectivity index (χ0) is 12.1. The summed E-state index contributed by atoms with van der Waals surface area (Å²) in [6.07, 6.45) is 1.43. The number of benzene rings is 1. The first-order valence-electron chi connectivity index (χ1n) is 5.48. The van der Waals surface area contributed by atoms with E-state index in [-0.39, 0.29) is 0 Å². The third-order valence-electron chi connectivity index (χ3n) is 2.95. The molecule has 0 bridgehead atoms. The SMILES string of the molecule is CC1(C)CO[C@]2(C=Nc3ccccc3O2)N1[O]. The first-order valence-corrected chi connectivity index (χ1v) is 5.48. The van der Waals surface area contributed by atoms with Gasteiger partial charge in [0, 0.05) is 0 Å². The molecule has 1 atom stereocenters. The first kappa shape index (κ1) is 10.7. The van der Waals surface area contributed by atoms with Crippen LogP contribution in [0, 0.1) is 0 Å². The van der Waals surface area contributed by atoms with Crippen molar-refractivity contribution >= 4 is 11.9 Å². The molecule has 89 valence electrons. The van der Waals surface area contributed by atoms with Gasteiger partial charge in [-0.05, 0) is 26.0 Å². The number of hydroxylamine groups is 2. The lowest BCUT2D eigenvalue weighted by Crippen LogP contribution is -2.55. The second kappa shape index (κ2) is 3.29. The van der Waals surface area contributed by atoms with Gasteiger partial charge in [-0.1, -0.05) is 17.2 Å². The Morgan fingerprint density at radius 3 is 2.82 bits per heavy atom. The largest absolute Gasteiger partial charge is 0.440 e. The van der Waals surface area contributed by atoms with Gasteiger partial charge in [0.2, 0.25) is 0 Å². The molecule has 3 rings (SSSR count). The van der Waals surface area contributed by atoms with Crippen molar-refractivity contribution in [2.24, 2.45) is 4.99 Å². The topological polar surface area (TPSA) is 54.0 Å². The molecule has 0 aliphatic carbocycles. The summed E-state index contributed by atoms with van der Waals surface area (Å²) < 4.78 is 11.2. The highest BCUT2D eigenvalue weighted by Gasteiger charge is 2.56. The van der Waals surface area contributed by atoms with Crippen LogP contribution in [0.3, 0.4) is 0 Å². The van der Waals surface area contributed by atoms with Crippen LogP contribution in [0.2, 0.25) is 0 Å². The van der Waals surface area contributed by atoms with Crippen LogP contribution in [0.5, 0.6) is 5.75 Å². The van der Waals surface area contributed by atoms with Gasteiger partial charge in [0.15, 0.2) is 5.75 Å². The van der Waals surface area contributed by atoms with Crippen LogP contribution in [-0.2, 0) is 9.94 Å². The summed E-state index contributed by atoms with van der Waals surface area (Å²) in [4.78, 5) is 4.23. The number of hydrogen-bond acceptors (Lipinski definition) is 4. The lowest BCUT2D eigenvalue weighted by Gasteiger charge is -2.34. The van der Waals surface area contributed by atoms with Crippen molar-refractivity contribution in [3.63, 3.8) is 0 Å². The Hall–Kier alpha value is -1.43. The second-order valence-corrected chi connectivity index (χ2v) is 4.85. The van der Waals surface area contributed by atoms with E-state index in [0.29, 0.717) is 18.0 Å². The van der Waals surface area contributed by atoms with E-state index in [0.717, 1.165) is 5.06 Å². The van der Waals surface area contributed by atoms with Crippen molar-refractivity contribution < 1.29 is 14.7 Å². The summed E-state index contributed by atoms with van der Waals surface area (Å²) in [7, 11) is 0. The van der Waals surface area contributed by atoms with Crippen LogP contribution in [0.4, 0.5) is 5.69 Å². The minimum absolute atomic E-state index is 0.310. The number of rotatable bonds is 0. The molecule has 0 unspecified atom stereocenters. The van der Waals surface area contributed by atoms with Crippen molar-refractivity contribution in [1.82, 2.24) is 5.06 Å². The van der Waals surface area contributed by atoms with Crippen molar-refractivity contribution in [2.45, 2.75) is 25.3 Å². The van der Waals surface area contributed by atoms with Crippen molar-refractivity contribution in [3.05, 3.63) is 24.3 Å². The number of hydrogen-bond donors (Lipinski definition) is 0. The predicted octanol–water partition coefficient (Wildman–Crippen LogP) is 1.89. The van der Waals surface area contributed by atoms with Gasteiger partial charge in [-0.2, -0.15) is 0 Å². The highest BCUT2D eigenvalue weighted by atomic mass is 16.8. The molecule has 2 heterocycles. The number of para-hydroxylation sites is 2. The average Bonchev–Trinajstić information content (AvgIpc) is 2.55. The minimum Gasteiger partial charge on any atom is -0.440 e. The molecular weight excluding hydrogens is 220 g/mol. The number of nitrogens with zero attached hydrogens (tertiary/aromatic N) is 2. The van der Waals surface area contributed by atoms with E-state index in [1.165, 1.54) is 6.21 Å². The van der Waals surface area contributed by atoms with Crippen LogP contribution in [0.25, 0.3) is 0 Å². The smallest absolute Gasteiger partial charge is 0.337 e. The molecule has 2 aliphatic heterocycles. The fraction of sp³-hybridized carbons (Fsp3) is 0.417. The summed E-state index contributed by atoms with van der Waals surface area (Å²) in [5, 5.41) is 13.0. The third kappa shape index (κ3) is 1.47. The second-order valence-electron chi connectivity index (χ2n) is 4.85. The fourth-order valence-corrected chi connectivity index (χ4v) is 1.96. The van der Waals surface area contributed by atoms with Crippen molar-refractivity contribution in [1.29, 1.82) is 0 Å². The van der Waals surface area contributed by atoms with E-state index in [1.807, 2.05) is 32.0 Å². The molecule has 1 radical (unpaired) electrons. The van der Waals surface area contributed by atoms with Gasteiger partial charge in [-0.3, -0.25) is 0 Å². The van der Waals surface area contributed by atoms with Crippen LogP contribution in [-0.4, -0.2) is 29.3 Å². The molecule has 5 nitrogen and oxygen atoms in total. The Bertz CT molecular complexity index is 486. The fourth-order valence-electron chi connectivity index (χ4n) is 1.96. The van der Waals surface area contributed by atoms with Gasteiger partial charge in [0.25, 0.3) is 0 Å². The van der Waals surface area contributed by atoms with E-state index < -0.39 is 11.4 Å². The summed E-state index contributed by atoms with van der Waals surface area (Å²) in [6.45, 7) is 3.93. The van der Waals surface area contributed by atoms with Gasteiger partial charge in [-0.25, -0.2) is 4.99 Å². The number of aliphatic imine (C=N–C) groups is 1. The lowest BCUT2D eigenvalue weighted by atomic mass is 10.1. The highest BCUT2D eigenvalue weighted by Crippen LogP contribution is 2.40. The van der Waals surface area contributed by atoms with Crippen LogP contribution < -0.4 is 4.74 Å². The van der Waals surface area contributed by atoms with E-state index in [1.54, 1.807) is 6.07 Å². The Kier molecular flexibility index (Phi) is 2.07. The van der Waals surface area contributed by atoms with E-state index in [2.05, 4.69) is 4.99 Å². The summed E-state index contributed by atoms with van der Waals surface area (Å²) >= 11 is 0. The zero-order valence-corrected chi connectivity index (χ0v) is 9.71. The summed E-state index contributed by atoms with van der Waals surface area (Å²) in [5.74, 6) is -0.841. The summed E-state index contributed by atoms with van der Waals surface area (Å²) in [6, 6.07) is 7.30. The van der Waals surface area contributed by atoms with Crippen molar-refractivity contribution in [3.8, 4) is 5.75 Å². The molecule has 2 aliphatic rings. The number of fused-ring (bicyclic) bond motifs is 1. The molecule has 1 aromatic carbocycles. The van der Waals surface area contributed by atoms with Crippen LogP contribution in [0.1, 0.15) is 13.8 Å². The molecular formula is C12H13N2O3. The maximum Gasteiger partial charge on any atom is 0.337 e. The van der Waals surface area contributed by atoms with E-state index >= 15 is 0 Å². The summed E-state index contributed by atoms with van der Waals surface area (Å²) in [5.41, 5.74) is 0.0954. The van der Waals surface area contributed by atoms with Gasteiger partial charge in [0.1, 0.15) is 5.69 Å². The van der Waals surface area contributed by atoms with E-state index in [4.69, 9.17) is 9.47 Å². The van der Waals surface area contributed by atoms with Gasteiger partial charge in [-0.15, -0.1) is 5.21 Å². The van der Waals surface area contributed by atoms with E-state index in [9.17, 15) is 5.21 Å². The molecule has 1 spiro atoms. The number of ether oxygens (including phenoxy) is 2. The Balaban J connectivity index is 2.00. The molecule has 0 amide bonds. The first-order chi connectivity index (χ1) is 8.04. The van der Waals surface area contributed by atoms with Crippen LogP contribution >= 0.6 is 0 Å². The molecule has 0 N–H and O–H groups in total. The van der Waals surface area contributed by atoms with Crippen LogP contribution in [0.15, 0.2) is 29.3 Å². The van der Waals surface area contributed by atoms with Crippen molar-refractivity contribution in [2.75, 3.05) is 6.61 Å². The molecule has 1 aromatic rings. The predicted molar refractivity (Wildman–Crippen MR) is 60.5 cm³/mol. The lowest BCUT2D eigenvalue weighted by molar-refractivity contribution is -0.324. The van der Waals surface area contributed by atoms with Gasteiger partial charge < -0.3 is 9.47 Å². The molecule has 0 aromatic heterocycles. The highest BCUT2D eigenvalue weighted by molar-refractivity contribution is 5.76. The molecule has 5 heteroatoms. The standard InChI is InChI=1S/C12H13N2O3/c1-11(2)8-16-12(14(11)15)7-13-9-5-3-4-6-10(9)17-12/h3-7H,8H2,1-2H3/t12-/m0/s1. The Labute approximate surface area is 99.2 Å². The maximum absolute atomic E-state index is 12.2. The molecule has 1 fully saturated rings. The average molecular weight is 233 g/mol. The minimum atomic E-state index is -1.40. The Morgan fingerprint density at radius 1 is 1.35 bits per heavy atom. The maximum atomic E-state index is 12.2. The molecule has 1 saturated heterocycles. The third-order valence-corrected chi connectivity index (χ3v) is 2.95. The Morgan fingerprint density at radius 2 is 2.12 bits per heavy atom. The monoisotopic (exact) mass is 233 g/mol.